The Bertz CT molecular complexity index is 608. The Morgan fingerprint density at radius 1 is 1.58 bits per heavy atom. The maximum absolute atomic E-state index is 11.9. The van der Waals surface area contributed by atoms with Gasteiger partial charge in [-0.25, -0.2) is 9.79 Å². The number of rotatable bonds is 8. The molecule has 1 heterocycles. The van der Waals surface area contributed by atoms with Crippen molar-refractivity contribution < 1.29 is 29.8 Å². The molecule has 8 heteroatoms. The predicted octanol–water partition coefficient (Wildman–Crippen LogP) is 0.453. The van der Waals surface area contributed by atoms with Crippen LogP contribution in [0.25, 0.3) is 0 Å². The van der Waals surface area contributed by atoms with Crippen molar-refractivity contribution in [2.75, 3.05) is 32.3 Å². The van der Waals surface area contributed by atoms with E-state index in [1.54, 1.807) is 23.9 Å². The molecular weight excluding hydrogens is 332 g/mol. The molecular formula is C16H23N2O5S+. The lowest BCUT2D eigenvalue weighted by molar-refractivity contribution is -0.408. The van der Waals surface area contributed by atoms with E-state index in [2.05, 4.69) is 10.7 Å². The fraction of sp³-hybridized carbons (Fsp3) is 0.500. The Balaban J connectivity index is 1.90. The molecule has 0 radical (unpaired) electrons. The van der Waals surface area contributed by atoms with Crippen LogP contribution >= 0.6 is 11.8 Å². The number of carbonyl (C=O) groups excluding carboxylic acids is 1. The summed E-state index contributed by atoms with van der Waals surface area (Å²) >= 11 is 1.67. The lowest BCUT2D eigenvalue weighted by Crippen LogP contribution is -2.65. The minimum Gasteiger partial charge on any atom is -0.504 e. The summed E-state index contributed by atoms with van der Waals surface area (Å²) in [5.41, 5.74) is 4.52. The number of benzene rings is 1. The lowest BCUT2D eigenvalue weighted by atomic mass is 10.2. The molecule has 1 aromatic carbocycles. The van der Waals surface area contributed by atoms with Gasteiger partial charge in [-0.15, -0.1) is 0 Å². The van der Waals surface area contributed by atoms with Gasteiger partial charge in [-0.3, -0.25) is 0 Å². The standard InChI is InChI=1S/C16H22N2O5S/c1-21-14-7-10(3-4-13(14)19)15-18-11(8-22-15)9-23-16(20)12(17)5-6-24-2/h3-4,7,11-12,19H,5-6,8-9,17H2,1-2H3/p+1/t11-,12-/m0/s1. The Hall–Kier alpha value is -1.93. The van der Waals surface area contributed by atoms with Crippen molar-refractivity contribution in [2.45, 2.75) is 18.5 Å². The molecule has 0 aromatic heterocycles. The average Bonchev–Trinajstić information content (AvgIpc) is 3.06. The number of thioether (sulfide) groups is 1. The zero-order valence-corrected chi connectivity index (χ0v) is 14.7. The van der Waals surface area contributed by atoms with E-state index in [-0.39, 0.29) is 30.4 Å². The van der Waals surface area contributed by atoms with Gasteiger partial charge in [0.15, 0.2) is 17.5 Å². The molecule has 1 aliphatic heterocycles. The average molecular weight is 355 g/mol. The van der Waals surface area contributed by atoms with Crippen molar-refractivity contribution in [2.24, 2.45) is 4.99 Å². The van der Waals surface area contributed by atoms with Gasteiger partial charge in [0.25, 0.3) is 0 Å². The molecule has 2 rings (SSSR count). The van der Waals surface area contributed by atoms with E-state index in [1.165, 1.54) is 13.2 Å². The number of nitrogens with zero attached hydrogens (tertiary/aromatic N) is 1. The van der Waals surface area contributed by atoms with Gasteiger partial charge in [-0.1, -0.05) is 0 Å². The van der Waals surface area contributed by atoms with Crippen molar-refractivity contribution in [3.05, 3.63) is 23.8 Å². The van der Waals surface area contributed by atoms with E-state index in [0.29, 0.717) is 30.2 Å². The highest BCUT2D eigenvalue weighted by Crippen LogP contribution is 2.27. The molecule has 0 fully saturated rings. The van der Waals surface area contributed by atoms with Gasteiger partial charge in [0.1, 0.15) is 19.3 Å². The van der Waals surface area contributed by atoms with Crippen LogP contribution in [-0.4, -0.2) is 61.4 Å². The van der Waals surface area contributed by atoms with Crippen LogP contribution in [0, 0.1) is 0 Å². The van der Waals surface area contributed by atoms with Gasteiger partial charge >= 0.3 is 5.97 Å². The number of methoxy groups -OCH3 is 1. The Labute approximate surface area is 145 Å². The first kappa shape index (κ1) is 18.4. The Kier molecular flexibility index (Phi) is 6.74. The molecule has 0 bridgehead atoms. The van der Waals surface area contributed by atoms with Gasteiger partial charge in [0.2, 0.25) is 5.90 Å². The fourth-order valence-corrected chi connectivity index (χ4v) is 2.66. The number of esters is 1. The van der Waals surface area contributed by atoms with Crippen LogP contribution in [-0.2, 0) is 14.3 Å². The molecule has 0 spiro atoms. The van der Waals surface area contributed by atoms with Gasteiger partial charge in [-0.2, -0.15) is 11.8 Å². The summed E-state index contributed by atoms with van der Waals surface area (Å²) in [7, 11) is 1.48. The van der Waals surface area contributed by atoms with Crippen LogP contribution in [0.1, 0.15) is 12.0 Å². The van der Waals surface area contributed by atoms with Gasteiger partial charge in [0, 0.05) is 12.0 Å². The number of aliphatic imine (C=N–C) groups is 1. The van der Waals surface area contributed by atoms with Gasteiger partial charge in [0.05, 0.1) is 7.11 Å². The minimum absolute atomic E-state index is 0.0528. The number of phenolic OH excluding ortho intramolecular Hbond substituents is 1. The first-order valence-electron chi connectivity index (χ1n) is 7.61. The number of quaternary nitrogens is 1. The molecule has 1 aromatic rings. The van der Waals surface area contributed by atoms with E-state index in [0.717, 1.165) is 5.75 Å². The third kappa shape index (κ3) is 4.78. The van der Waals surface area contributed by atoms with Crippen molar-refractivity contribution in [1.29, 1.82) is 0 Å². The van der Waals surface area contributed by atoms with Crippen molar-refractivity contribution in [3.63, 3.8) is 0 Å². The van der Waals surface area contributed by atoms with E-state index < -0.39 is 0 Å². The second kappa shape index (κ2) is 8.79. The van der Waals surface area contributed by atoms with E-state index in [9.17, 15) is 9.90 Å². The van der Waals surface area contributed by atoms with Crippen molar-refractivity contribution >= 4 is 23.6 Å². The molecule has 1 aliphatic rings. The predicted molar refractivity (Wildman–Crippen MR) is 91.6 cm³/mol. The lowest BCUT2D eigenvalue weighted by Gasteiger charge is -2.09. The summed E-state index contributed by atoms with van der Waals surface area (Å²) in [6, 6.07) is 4.27. The summed E-state index contributed by atoms with van der Waals surface area (Å²) in [4.78, 5) is 16.3. The highest BCUT2D eigenvalue weighted by molar-refractivity contribution is 7.98. The monoisotopic (exact) mass is 355 g/mol. The molecule has 0 aliphatic carbocycles. The molecule has 24 heavy (non-hydrogen) atoms. The quantitative estimate of drug-likeness (QED) is 0.656. The number of aromatic hydroxyl groups is 1. The number of phenols is 1. The van der Waals surface area contributed by atoms with Crippen molar-refractivity contribution in [3.8, 4) is 11.5 Å². The Morgan fingerprint density at radius 2 is 2.38 bits per heavy atom. The second-order valence-corrected chi connectivity index (χ2v) is 6.38. The summed E-state index contributed by atoms with van der Waals surface area (Å²) in [6.45, 7) is 0.515. The largest absolute Gasteiger partial charge is 0.504 e. The van der Waals surface area contributed by atoms with Crippen LogP contribution in [0.15, 0.2) is 23.2 Å². The molecule has 0 saturated carbocycles. The number of hydrogen-bond acceptors (Lipinski definition) is 7. The first-order chi connectivity index (χ1) is 11.5. The zero-order chi connectivity index (χ0) is 17.5. The highest BCUT2D eigenvalue weighted by Gasteiger charge is 2.25. The Morgan fingerprint density at radius 3 is 3.08 bits per heavy atom. The maximum atomic E-state index is 11.9. The smallest absolute Gasteiger partial charge is 0.364 e. The van der Waals surface area contributed by atoms with Crippen LogP contribution < -0.4 is 10.5 Å². The van der Waals surface area contributed by atoms with Crippen LogP contribution in [0.3, 0.4) is 0 Å². The molecule has 132 valence electrons. The molecule has 7 nitrogen and oxygen atoms in total. The summed E-state index contributed by atoms with van der Waals surface area (Å²) < 4.78 is 15.9. The van der Waals surface area contributed by atoms with Gasteiger partial charge < -0.3 is 25.1 Å². The summed E-state index contributed by atoms with van der Waals surface area (Å²) in [6.07, 6.45) is 2.69. The number of carbonyl (C=O) groups is 1. The normalized spacial score (nSPS) is 17.8. The van der Waals surface area contributed by atoms with Gasteiger partial charge in [-0.05, 0) is 30.2 Å². The molecule has 0 saturated heterocycles. The highest BCUT2D eigenvalue weighted by atomic mass is 32.2. The second-order valence-electron chi connectivity index (χ2n) is 5.39. The van der Waals surface area contributed by atoms with Crippen LogP contribution in [0.5, 0.6) is 11.5 Å². The van der Waals surface area contributed by atoms with Crippen LogP contribution in [0.4, 0.5) is 0 Å². The summed E-state index contributed by atoms with van der Waals surface area (Å²) in [5.74, 6) is 1.42. The molecule has 0 unspecified atom stereocenters. The topological polar surface area (TPSA) is 105 Å². The third-order valence-electron chi connectivity index (χ3n) is 3.56. The van der Waals surface area contributed by atoms with E-state index in [4.69, 9.17) is 14.2 Å². The molecule has 4 N–H and O–H groups in total. The number of ether oxygens (including phenoxy) is 3. The SMILES string of the molecule is COc1cc(C2=N[C@H](COC(=O)[C@@H]([NH3+])CCSC)CO2)ccc1O. The van der Waals surface area contributed by atoms with Crippen LogP contribution in [0.2, 0.25) is 0 Å². The fourth-order valence-electron chi connectivity index (χ4n) is 2.14. The first-order valence-corrected chi connectivity index (χ1v) is 9.01. The number of hydrogen-bond donors (Lipinski definition) is 2. The van der Waals surface area contributed by atoms with E-state index >= 15 is 0 Å². The third-order valence-corrected chi connectivity index (χ3v) is 4.20. The zero-order valence-electron chi connectivity index (χ0n) is 13.9. The molecule has 0 amide bonds. The van der Waals surface area contributed by atoms with Crippen molar-refractivity contribution in [1.82, 2.24) is 0 Å². The minimum atomic E-state index is -0.357. The van der Waals surface area contributed by atoms with E-state index in [1.807, 2.05) is 6.26 Å². The summed E-state index contributed by atoms with van der Waals surface area (Å²) in [5, 5.41) is 9.62. The maximum Gasteiger partial charge on any atom is 0.364 e. The molecule has 2 atom stereocenters.